The molecule has 0 aliphatic rings. The summed E-state index contributed by atoms with van der Waals surface area (Å²) in [4.78, 5) is 0. The fraction of sp³-hybridized carbons (Fsp3) is 0.625. The predicted octanol–water partition coefficient (Wildman–Crippen LogP) is 6.12. The van der Waals surface area contributed by atoms with Crippen LogP contribution in [-0.4, -0.2) is 0 Å². The third-order valence-corrected chi connectivity index (χ3v) is 4.07. The summed E-state index contributed by atoms with van der Waals surface area (Å²) in [6.45, 7) is 6.69. The number of rotatable bonds is 7. The van der Waals surface area contributed by atoms with Gasteiger partial charge in [-0.3, -0.25) is 0 Å². The maximum absolute atomic E-state index is 13.3. The van der Waals surface area contributed by atoms with E-state index in [4.69, 9.17) is 11.6 Å². The van der Waals surface area contributed by atoms with Crippen molar-refractivity contribution < 1.29 is 4.39 Å². The van der Waals surface area contributed by atoms with Crippen LogP contribution in [0, 0.1) is 5.82 Å². The quantitative estimate of drug-likeness (QED) is 0.560. The highest BCUT2D eigenvalue weighted by Gasteiger charge is 2.26. The predicted molar refractivity (Wildman–Crippen MR) is 77.8 cm³/mol. The molecule has 0 saturated heterocycles. The number of halogens is 2. The first-order chi connectivity index (χ1) is 8.53. The van der Waals surface area contributed by atoms with Crippen LogP contribution in [0.3, 0.4) is 0 Å². The first-order valence-electron chi connectivity index (χ1n) is 6.99. The van der Waals surface area contributed by atoms with E-state index < -0.39 is 0 Å². The second-order valence-electron chi connectivity index (χ2n) is 5.40. The summed E-state index contributed by atoms with van der Waals surface area (Å²) in [5.74, 6) is -0.325. The van der Waals surface area contributed by atoms with Crippen LogP contribution in [0.25, 0.3) is 0 Å². The first-order valence-corrected chi connectivity index (χ1v) is 7.37. The van der Waals surface area contributed by atoms with Crippen molar-refractivity contribution in [1.29, 1.82) is 0 Å². The van der Waals surface area contributed by atoms with Gasteiger partial charge in [0.2, 0.25) is 0 Å². The number of hydrogen-bond acceptors (Lipinski definition) is 0. The Labute approximate surface area is 116 Å². The van der Waals surface area contributed by atoms with E-state index in [1.54, 1.807) is 0 Å². The highest BCUT2D eigenvalue weighted by atomic mass is 35.5. The molecule has 102 valence electrons. The lowest BCUT2D eigenvalue weighted by Crippen LogP contribution is -2.22. The Bertz CT molecular complexity index is 365. The van der Waals surface area contributed by atoms with Gasteiger partial charge in [0.1, 0.15) is 5.82 Å². The van der Waals surface area contributed by atoms with Crippen molar-refractivity contribution in [3.63, 3.8) is 0 Å². The normalized spacial score (nSPS) is 11.8. The maximum atomic E-state index is 13.3. The van der Waals surface area contributed by atoms with Crippen molar-refractivity contribution in [1.82, 2.24) is 0 Å². The van der Waals surface area contributed by atoms with Crippen molar-refractivity contribution in [2.45, 2.75) is 64.7 Å². The molecule has 2 heteroatoms. The summed E-state index contributed by atoms with van der Waals surface area (Å²) in [5, 5.41) is 0.242. The summed E-state index contributed by atoms with van der Waals surface area (Å²) in [5.41, 5.74) is 1.31. The monoisotopic (exact) mass is 270 g/mol. The van der Waals surface area contributed by atoms with Gasteiger partial charge in [-0.25, -0.2) is 4.39 Å². The Morgan fingerprint density at radius 1 is 1.11 bits per heavy atom. The molecule has 0 fully saturated rings. The second kappa shape index (κ2) is 7.13. The molecule has 0 N–H and O–H groups in total. The molecule has 0 bridgehead atoms. The molecule has 1 aromatic carbocycles. The largest absolute Gasteiger partial charge is 0.205 e. The molecular weight excluding hydrogens is 247 g/mol. The van der Waals surface area contributed by atoms with Gasteiger partial charge in [-0.15, -0.1) is 0 Å². The molecule has 0 amide bonds. The fourth-order valence-corrected chi connectivity index (χ4v) is 2.60. The number of hydrogen-bond donors (Lipinski definition) is 0. The van der Waals surface area contributed by atoms with E-state index in [2.05, 4.69) is 20.8 Å². The van der Waals surface area contributed by atoms with E-state index in [1.165, 1.54) is 37.3 Å². The molecular formula is C16H24ClF. The minimum atomic E-state index is -0.325. The van der Waals surface area contributed by atoms with Gasteiger partial charge in [-0.2, -0.15) is 0 Å². The van der Waals surface area contributed by atoms with Crippen LogP contribution in [-0.2, 0) is 5.41 Å². The van der Waals surface area contributed by atoms with Gasteiger partial charge in [0.25, 0.3) is 0 Å². The average molecular weight is 271 g/mol. The number of benzene rings is 1. The van der Waals surface area contributed by atoms with Crippen LogP contribution >= 0.6 is 11.6 Å². The molecule has 0 atom stereocenters. The van der Waals surface area contributed by atoms with E-state index in [0.717, 1.165) is 12.8 Å². The molecule has 18 heavy (non-hydrogen) atoms. The molecule has 0 aliphatic carbocycles. The maximum Gasteiger partial charge on any atom is 0.141 e. The third kappa shape index (κ3) is 3.98. The molecule has 0 aliphatic heterocycles. The Hall–Kier alpha value is -0.560. The summed E-state index contributed by atoms with van der Waals surface area (Å²) >= 11 is 5.91. The van der Waals surface area contributed by atoms with Gasteiger partial charge in [0.15, 0.2) is 0 Å². The van der Waals surface area contributed by atoms with E-state index in [-0.39, 0.29) is 16.3 Å². The van der Waals surface area contributed by atoms with Crippen molar-refractivity contribution in [2.24, 2.45) is 0 Å². The van der Waals surface area contributed by atoms with Gasteiger partial charge in [0, 0.05) is 0 Å². The highest BCUT2D eigenvalue weighted by Crippen LogP contribution is 2.36. The van der Waals surface area contributed by atoms with Crippen LogP contribution < -0.4 is 0 Å². The third-order valence-electron chi connectivity index (χ3n) is 3.78. The molecule has 0 saturated carbocycles. The molecule has 0 spiro atoms. The van der Waals surface area contributed by atoms with Crippen LogP contribution in [0.5, 0.6) is 0 Å². The van der Waals surface area contributed by atoms with Gasteiger partial charge >= 0.3 is 0 Å². The van der Waals surface area contributed by atoms with Gasteiger partial charge in [-0.1, -0.05) is 64.1 Å². The zero-order valence-electron chi connectivity index (χ0n) is 11.7. The van der Waals surface area contributed by atoms with Gasteiger partial charge in [-0.05, 0) is 36.0 Å². The van der Waals surface area contributed by atoms with E-state index in [1.807, 2.05) is 12.1 Å². The van der Waals surface area contributed by atoms with Crippen LogP contribution in [0.15, 0.2) is 18.2 Å². The van der Waals surface area contributed by atoms with Crippen molar-refractivity contribution >= 4 is 11.6 Å². The zero-order valence-corrected chi connectivity index (χ0v) is 12.5. The lowest BCUT2D eigenvalue weighted by atomic mass is 9.74. The fourth-order valence-electron chi connectivity index (χ4n) is 2.42. The summed E-state index contributed by atoms with van der Waals surface area (Å²) < 4.78 is 13.3. The standard InChI is InChI=1S/C16H24ClF/c1-4-6-10-16(3,11-7-5-2)13-8-9-15(18)14(17)12-13/h8-9,12H,4-7,10-11H2,1-3H3. The molecule has 0 unspecified atom stereocenters. The Morgan fingerprint density at radius 3 is 2.11 bits per heavy atom. The summed E-state index contributed by atoms with van der Waals surface area (Å²) in [7, 11) is 0. The van der Waals surface area contributed by atoms with Crippen molar-refractivity contribution in [3.8, 4) is 0 Å². The minimum Gasteiger partial charge on any atom is -0.205 e. The lowest BCUT2D eigenvalue weighted by Gasteiger charge is -2.30. The number of unbranched alkanes of at least 4 members (excludes halogenated alkanes) is 2. The van der Waals surface area contributed by atoms with Crippen LogP contribution in [0.1, 0.15) is 64.9 Å². The smallest absolute Gasteiger partial charge is 0.141 e. The molecule has 0 nitrogen and oxygen atoms in total. The molecule has 0 radical (unpaired) electrons. The SMILES string of the molecule is CCCCC(C)(CCCC)c1ccc(F)c(Cl)c1. The molecule has 1 aromatic rings. The van der Waals surface area contributed by atoms with Crippen LogP contribution in [0.4, 0.5) is 4.39 Å². The Balaban J connectivity index is 2.96. The summed E-state index contributed by atoms with van der Waals surface area (Å²) in [6.07, 6.45) is 7.08. The zero-order chi connectivity index (χ0) is 13.6. The molecule has 0 heterocycles. The van der Waals surface area contributed by atoms with E-state index >= 15 is 0 Å². The highest BCUT2D eigenvalue weighted by molar-refractivity contribution is 6.30. The first kappa shape index (κ1) is 15.5. The van der Waals surface area contributed by atoms with Gasteiger partial charge in [0.05, 0.1) is 5.02 Å². The summed E-state index contributed by atoms with van der Waals surface area (Å²) in [6, 6.07) is 5.20. The van der Waals surface area contributed by atoms with Crippen LogP contribution in [0.2, 0.25) is 5.02 Å². The van der Waals surface area contributed by atoms with Gasteiger partial charge < -0.3 is 0 Å². The minimum absolute atomic E-state index is 0.128. The van der Waals surface area contributed by atoms with Crippen molar-refractivity contribution in [3.05, 3.63) is 34.6 Å². The molecule has 1 rings (SSSR count). The Kier molecular flexibility index (Phi) is 6.14. The average Bonchev–Trinajstić information content (AvgIpc) is 2.37. The second-order valence-corrected chi connectivity index (χ2v) is 5.80. The van der Waals surface area contributed by atoms with E-state index in [0.29, 0.717) is 0 Å². The van der Waals surface area contributed by atoms with Crippen molar-refractivity contribution in [2.75, 3.05) is 0 Å². The Morgan fingerprint density at radius 2 is 1.67 bits per heavy atom. The van der Waals surface area contributed by atoms with E-state index in [9.17, 15) is 4.39 Å². The lowest BCUT2D eigenvalue weighted by molar-refractivity contribution is 0.374. The molecule has 0 aromatic heterocycles. The topological polar surface area (TPSA) is 0 Å².